The standard InChI is InChI=1S/C17H22N4O4/c1-3-18-17(23)24-13-7-5-12(6-8-13)21(2)16(22)11-4-9-14-15(10-11)20-25-19-14/h4,9-10,12-13H,3,5-8H2,1-2H3,(H,18,23). The Kier molecular flexibility index (Phi) is 5.16. The zero-order chi connectivity index (χ0) is 17.8. The summed E-state index contributed by atoms with van der Waals surface area (Å²) in [5.41, 5.74) is 1.76. The maximum atomic E-state index is 12.7. The van der Waals surface area contributed by atoms with Gasteiger partial charge >= 0.3 is 6.09 Å². The van der Waals surface area contributed by atoms with Crippen molar-refractivity contribution in [3.8, 4) is 0 Å². The van der Waals surface area contributed by atoms with Crippen molar-refractivity contribution in [2.45, 2.75) is 44.8 Å². The van der Waals surface area contributed by atoms with Crippen LogP contribution in [0.3, 0.4) is 0 Å². The number of fused-ring (bicyclic) bond motifs is 1. The molecule has 8 heteroatoms. The van der Waals surface area contributed by atoms with Gasteiger partial charge in [0.05, 0.1) is 0 Å². The summed E-state index contributed by atoms with van der Waals surface area (Å²) in [6, 6.07) is 5.28. The van der Waals surface area contributed by atoms with Gasteiger partial charge in [-0.15, -0.1) is 0 Å². The van der Waals surface area contributed by atoms with Crippen LogP contribution in [0.5, 0.6) is 0 Å². The number of aromatic nitrogens is 2. The summed E-state index contributed by atoms with van der Waals surface area (Å²) in [7, 11) is 1.81. The average molecular weight is 346 g/mol. The van der Waals surface area contributed by atoms with Crippen molar-refractivity contribution in [1.29, 1.82) is 0 Å². The number of ether oxygens (including phenoxy) is 1. The largest absolute Gasteiger partial charge is 0.446 e. The van der Waals surface area contributed by atoms with Crippen molar-refractivity contribution < 1.29 is 19.0 Å². The minimum absolute atomic E-state index is 0.0574. The molecule has 1 aromatic carbocycles. The van der Waals surface area contributed by atoms with Crippen LogP contribution in [0.15, 0.2) is 22.8 Å². The van der Waals surface area contributed by atoms with Crippen molar-refractivity contribution in [3.05, 3.63) is 23.8 Å². The van der Waals surface area contributed by atoms with Gasteiger partial charge in [-0.1, -0.05) is 0 Å². The van der Waals surface area contributed by atoms with Gasteiger partial charge in [-0.2, -0.15) is 0 Å². The number of alkyl carbamates (subject to hydrolysis) is 1. The number of nitrogens with zero attached hydrogens (tertiary/aromatic N) is 3. The molecule has 25 heavy (non-hydrogen) atoms. The van der Waals surface area contributed by atoms with E-state index >= 15 is 0 Å². The van der Waals surface area contributed by atoms with Crippen LogP contribution in [0.2, 0.25) is 0 Å². The van der Waals surface area contributed by atoms with Crippen molar-refractivity contribution >= 4 is 23.0 Å². The molecule has 8 nitrogen and oxygen atoms in total. The van der Waals surface area contributed by atoms with E-state index in [2.05, 4.69) is 20.3 Å². The third-order valence-corrected chi connectivity index (χ3v) is 4.61. The number of rotatable bonds is 4. The monoisotopic (exact) mass is 346 g/mol. The second-order valence-corrected chi connectivity index (χ2v) is 6.25. The molecular weight excluding hydrogens is 324 g/mol. The average Bonchev–Trinajstić information content (AvgIpc) is 3.09. The first-order chi connectivity index (χ1) is 12.1. The number of hydrogen-bond donors (Lipinski definition) is 1. The van der Waals surface area contributed by atoms with Gasteiger partial charge < -0.3 is 15.0 Å². The molecule has 0 aliphatic heterocycles. The maximum Gasteiger partial charge on any atom is 0.407 e. The molecule has 1 fully saturated rings. The van der Waals surface area contributed by atoms with E-state index in [-0.39, 0.29) is 24.1 Å². The van der Waals surface area contributed by atoms with Crippen LogP contribution in [-0.2, 0) is 4.74 Å². The Bertz CT molecular complexity index is 752. The number of hydrogen-bond acceptors (Lipinski definition) is 6. The normalized spacial score (nSPS) is 20.2. The molecule has 0 bridgehead atoms. The van der Waals surface area contributed by atoms with E-state index in [0.717, 1.165) is 25.7 Å². The number of carbonyl (C=O) groups excluding carboxylic acids is 2. The Hall–Kier alpha value is -2.64. The van der Waals surface area contributed by atoms with Crippen molar-refractivity contribution in [3.63, 3.8) is 0 Å². The van der Waals surface area contributed by atoms with Gasteiger partial charge in [0.15, 0.2) is 0 Å². The summed E-state index contributed by atoms with van der Waals surface area (Å²) < 4.78 is 10.0. The van der Waals surface area contributed by atoms with E-state index in [1.807, 2.05) is 14.0 Å². The summed E-state index contributed by atoms with van der Waals surface area (Å²) in [4.78, 5) is 26.0. The van der Waals surface area contributed by atoms with Crippen LogP contribution in [0.4, 0.5) is 4.79 Å². The van der Waals surface area contributed by atoms with Gasteiger partial charge in [0, 0.05) is 25.2 Å². The lowest BCUT2D eigenvalue weighted by Gasteiger charge is -2.34. The van der Waals surface area contributed by atoms with E-state index in [1.165, 1.54) is 0 Å². The first-order valence-electron chi connectivity index (χ1n) is 8.52. The van der Waals surface area contributed by atoms with E-state index in [9.17, 15) is 9.59 Å². The second-order valence-electron chi connectivity index (χ2n) is 6.25. The fourth-order valence-electron chi connectivity index (χ4n) is 3.17. The molecule has 0 spiro atoms. The predicted molar refractivity (Wildman–Crippen MR) is 90.1 cm³/mol. The molecule has 3 rings (SSSR count). The molecule has 134 valence electrons. The van der Waals surface area contributed by atoms with Crippen molar-refractivity contribution in [2.75, 3.05) is 13.6 Å². The molecule has 0 unspecified atom stereocenters. The summed E-state index contributed by atoms with van der Waals surface area (Å²) in [6.45, 7) is 2.40. The fraction of sp³-hybridized carbons (Fsp3) is 0.529. The second kappa shape index (κ2) is 7.50. The fourth-order valence-corrected chi connectivity index (χ4v) is 3.17. The molecule has 1 aliphatic rings. The minimum atomic E-state index is -0.370. The van der Waals surface area contributed by atoms with Crippen molar-refractivity contribution in [1.82, 2.24) is 20.5 Å². The highest BCUT2D eigenvalue weighted by Crippen LogP contribution is 2.26. The maximum absolute atomic E-state index is 12.7. The van der Waals surface area contributed by atoms with Gasteiger partial charge in [0.25, 0.3) is 5.91 Å². The highest BCUT2D eigenvalue weighted by molar-refractivity contribution is 5.97. The molecule has 1 aliphatic carbocycles. The molecule has 2 aromatic rings. The van der Waals surface area contributed by atoms with Gasteiger partial charge in [-0.3, -0.25) is 4.79 Å². The molecule has 1 N–H and O–H groups in total. The highest BCUT2D eigenvalue weighted by Gasteiger charge is 2.29. The van der Waals surface area contributed by atoms with Crippen LogP contribution in [0.1, 0.15) is 43.0 Å². The topological polar surface area (TPSA) is 97.6 Å². The van der Waals surface area contributed by atoms with Crippen LogP contribution < -0.4 is 5.32 Å². The minimum Gasteiger partial charge on any atom is -0.446 e. The molecule has 0 saturated heterocycles. The lowest BCUT2D eigenvalue weighted by Crippen LogP contribution is -2.41. The summed E-state index contributed by atoms with van der Waals surface area (Å²) >= 11 is 0. The Morgan fingerprint density at radius 2 is 1.96 bits per heavy atom. The molecule has 1 aromatic heterocycles. The Balaban J connectivity index is 1.57. The summed E-state index contributed by atoms with van der Waals surface area (Å²) in [6.07, 6.45) is 2.67. The third-order valence-electron chi connectivity index (χ3n) is 4.61. The predicted octanol–water partition coefficient (Wildman–Crippen LogP) is 2.35. The van der Waals surface area contributed by atoms with Crippen LogP contribution in [0.25, 0.3) is 11.0 Å². The number of amides is 2. The Morgan fingerprint density at radius 1 is 1.24 bits per heavy atom. The van der Waals surface area contributed by atoms with Crippen LogP contribution in [-0.4, -0.2) is 53.0 Å². The van der Waals surface area contributed by atoms with Gasteiger partial charge in [0.2, 0.25) is 0 Å². The lowest BCUT2D eigenvalue weighted by atomic mass is 9.91. The number of nitrogens with one attached hydrogen (secondary N) is 1. The molecule has 0 atom stereocenters. The summed E-state index contributed by atoms with van der Waals surface area (Å²) in [5.74, 6) is -0.0574. The van der Waals surface area contributed by atoms with Crippen LogP contribution in [0, 0.1) is 0 Å². The highest BCUT2D eigenvalue weighted by atomic mass is 16.6. The molecule has 1 saturated carbocycles. The quantitative estimate of drug-likeness (QED) is 0.912. The smallest absolute Gasteiger partial charge is 0.407 e. The zero-order valence-corrected chi connectivity index (χ0v) is 14.4. The summed E-state index contributed by atoms with van der Waals surface area (Å²) in [5, 5.41) is 10.2. The van der Waals surface area contributed by atoms with Gasteiger partial charge in [-0.25, -0.2) is 9.42 Å². The van der Waals surface area contributed by atoms with E-state index in [1.54, 1.807) is 23.1 Å². The van der Waals surface area contributed by atoms with Crippen molar-refractivity contribution in [2.24, 2.45) is 0 Å². The Labute approximate surface area is 145 Å². The SMILES string of the molecule is CCNC(=O)OC1CCC(N(C)C(=O)c2ccc3nonc3c2)CC1. The van der Waals surface area contributed by atoms with E-state index in [4.69, 9.17) is 4.74 Å². The molecular formula is C17H22N4O4. The first-order valence-corrected chi connectivity index (χ1v) is 8.52. The molecule has 1 heterocycles. The lowest BCUT2D eigenvalue weighted by molar-refractivity contribution is 0.0451. The zero-order valence-electron chi connectivity index (χ0n) is 14.4. The third kappa shape index (κ3) is 3.89. The number of carbonyl (C=O) groups is 2. The van der Waals surface area contributed by atoms with Gasteiger partial charge in [-0.05, 0) is 61.1 Å². The molecule has 2 amide bonds. The van der Waals surface area contributed by atoms with E-state index < -0.39 is 0 Å². The van der Waals surface area contributed by atoms with Gasteiger partial charge in [0.1, 0.15) is 17.1 Å². The van der Waals surface area contributed by atoms with E-state index in [0.29, 0.717) is 23.1 Å². The number of benzene rings is 1. The Morgan fingerprint density at radius 3 is 2.68 bits per heavy atom. The van der Waals surface area contributed by atoms with Crippen LogP contribution >= 0.6 is 0 Å². The molecule has 0 radical (unpaired) electrons. The first kappa shape index (κ1) is 17.2.